The Morgan fingerprint density at radius 1 is 1.17 bits per heavy atom. The summed E-state index contributed by atoms with van der Waals surface area (Å²) in [6, 6.07) is 6.27. The molecule has 1 atom stereocenters. The molecule has 2 saturated heterocycles. The number of carbonyl (C=O) groups excluding carboxylic acids is 1. The largest absolute Gasteiger partial charge is 0.435 e. The zero-order valence-electron chi connectivity index (χ0n) is 12.9. The van der Waals surface area contributed by atoms with Gasteiger partial charge < -0.3 is 15.0 Å². The molecule has 1 N–H and O–H groups in total. The second-order valence-electron chi connectivity index (χ2n) is 5.96. The van der Waals surface area contributed by atoms with E-state index in [1.165, 1.54) is 25.0 Å². The Morgan fingerprint density at radius 2 is 1.87 bits per heavy atom. The van der Waals surface area contributed by atoms with Gasteiger partial charge in [-0.2, -0.15) is 8.78 Å². The molecular weight excluding hydrogens is 304 g/mol. The first-order valence-electron chi connectivity index (χ1n) is 7.96. The SMILES string of the molecule is O=C(Nc1ccc(OC(F)F)cc1)N1CCC(N2CCCC2)C1. The molecule has 126 valence electrons. The fourth-order valence-corrected chi connectivity index (χ4v) is 3.25. The highest BCUT2D eigenvalue weighted by atomic mass is 19.3. The Kier molecular flexibility index (Phi) is 4.95. The van der Waals surface area contributed by atoms with Gasteiger partial charge in [-0.1, -0.05) is 0 Å². The van der Waals surface area contributed by atoms with Gasteiger partial charge in [-0.15, -0.1) is 0 Å². The molecule has 23 heavy (non-hydrogen) atoms. The van der Waals surface area contributed by atoms with Crippen molar-refractivity contribution in [1.29, 1.82) is 0 Å². The molecule has 2 heterocycles. The average molecular weight is 325 g/mol. The molecular formula is C16H21F2N3O2. The summed E-state index contributed by atoms with van der Waals surface area (Å²) in [7, 11) is 0. The molecule has 2 aliphatic rings. The summed E-state index contributed by atoms with van der Waals surface area (Å²) in [4.78, 5) is 16.6. The van der Waals surface area contributed by atoms with E-state index in [2.05, 4.69) is 15.0 Å². The zero-order chi connectivity index (χ0) is 16.2. The smallest absolute Gasteiger partial charge is 0.387 e. The van der Waals surface area contributed by atoms with Crippen molar-refractivity contribution in [3.63, 3.8) is 0 Å². The fraction of sp³-hybridized carbons (Fsp3) is 0.562. The molecule has 0 saturated carbocycles. The normalized spacial score (nSPS) is 21.9. The van der Waals surface area contributed by atoms with Crippen LogP contribution in [0.1, 0.15) is 19.3 Å². The summed E-state index contributed by atoms with van der Waals surface area (Å²) in [5.74, 6) is 0.0771. The van der Waals surface area contributed by atoms with E-state index >= 15 is 0 Å². The maximum atomic E-state index is 12.3. The molecule has 2 fully saturated rings. The Morgan fingerprint density at radius 3 is 2.52 bits per heavy atom. The molecule has 1 aromatic rings. The van der Waals surface area contributed by atoms with E-state index in [9.17, 15) is 13.6 Å². The highest BCUT2D eigenvalue weighted by Crippen LogP contribution is 2.22. The topological polar surface area (TPSA) is 44.8 Å². The van der Waals surface area contributed by atoms with E-state index in [1.807, 2.05) is 4.90 Å². The van der Waals surface area contributed by atoms with Crippen molar-refractivity contribution in [2.45, 2.75) is 31.9 Å². The minimum absolute atomic E-state index is 0.0771. The second kappa shape index (κ2) is 7.12. The van der Waals surface area contributed by atoms with Crippen LogP contribution < -0.4 is 10.1 Å². The first kappa shape index (κ1) is 16.0. The lowest BCUT2D eigenvalue weighted by molar-refractivity contribution is -0.0498. The maximum absolute atomic E-state index is 12.3. The fourth-order valence-electron chi connectivity index (χ4n) is 3.25. The molecule has 5 nitrogen and oxygen atoms in total. The lowest BCUT2D eigenvalue weighted by atomic mass is 10.2. The van der Waals surface area contributed by atoms with Crippen molar-refractivity contribution in [1.82, 2.24) is 9.80 Å². The van der Waals surface area contributed by atoms with Crippen LogP contribution in [-0.2, 0) is 0 Å². The van der Waals surface area contributed by atoms with E-state index in [0.29, 0.717) is 11.7 Å². The Hall–Kier alpha value is -1.89. The third-order valence-corrected chi connectivity index (χ3v) is 4.44. The van der Waals surface area contributed by atoms with Crippen LogP contribution in [0.5, 0.6) is 5.75 Å². The first-order valence-corrected chi connectivity index (χ1v) is 7.96. The van der Waals surface area contributed by atoms with Gasteiger partial charge in [-0.05, 0) is 56.6 Å². The van der Waals surface area contributed by atoms with Crippen molar-refractivity contribution < 1.29 is 18.3 Å². The van der Waals surface area contributed by atoms with Crippen LogP contribution in [0.25, 0.3) is 0 Å². The number of alkyl halides is 2. The third kappa shape index (κ3) is 4.10. The van der Waals surface area contributed by atoms with E-state index in [1.54, 1.807) is 12.1 Å². The standard InChI is InChI=1S/C16H21F2N3O2/c17-15(18)23-14-5-3-12(4-6-14)19-16(22)21-10-7-13(11-21)20-8-1-2-9-20/h3-6,13,15H,1-2,7-11H2,(H,19,22). The van der Waals surface area contributed by atoms with E-state index in [0.717, 1.165) is 32.6 Å². The maximum Gasteiger partial charge on any atom is 0.387 e. The predicted octanol–water partition coefficient (Wildman–Crippen LogP) is 2.99. The molecule has 0 radical (unpaired) electrons. The number of nitrogens with one attached hydrogen (secondary N) is 1. The number of likely N-dealkylation sites (tertiary alicyclic amines) is 2. The molecule has 1 unspecified atom stereocenters. The number of halogens is 2. The third-order valence-electron chi connectivity index (χ3n) is 4.44. The highest BCUT2D eigenvalue weighted by molar-refractivity contribution is 5.89. The highest BCUT2D eigenvalue weighted by Gasteiger charge is 2.31. The Balaban J connectivity index is 1.51. The quantitative estimate of drug-likeness (QED) is 0.925. The lowest BCUT2D eigenvalue weighted by Crippen LogP contribution is -2.38. The molecule has 2 aliphatic heterocycles. The summed E-state index contributed by atoms with van der Waals surface area (Å²) < 4.78 is 28.5. The molecule has 1 aromatic carbocycles. The van der Waals surface area contributed by atoms with Gasteiger partial charge in [-0.25, -0.2) is 4.79 Å². The van der Waals surface area contributed by atoms with Crippen LogP contribution in [-0.4, -0.2) is 54.7 Å². The van der Waals surface area contributed by atoms with Crippen LogP contribution in [0, 0.1) is 0 Å². The van der Waals surface area contributed by atoms with Crippen LogP contribution in [0.3, 0.4) is 0 Å². The van der Waals surface area contributed by atoms with Gasteiger partial charge in [0.1, 0.15) is 5.75 Å². The van der Waals surface area contributed by atoms with Gasteiger partial charge in [0, 0.05) is 24.8 Å². The molecule has 0 bridgehead atoms. The summed E-state index contributed by atoms with van der Waals surface area (Å²) >= 11 is 0. The van der Waals surface area contributed by atoms with Gasteiger partial charge >= 0.3 is 12.6 Å². The van der Waals surface area contributed by atoms with Gasteiger partial charge in [0.2, 0.25) is 0 Å². The lowest BCUT2D eigenvalue weighted by Gasteiger charge is -2.23. The Bertz CT molecular complexity index is 533. The summed E-state index contributed by atoms with van der Waals surface area (Å²) in [5.41, 5.74) is 0.571. The predicted molar refractivity (Wildman–Crippen MR) is 82.9 cm³/mol. The van der Waals surface area contributed by atoms with Gasteiger partial charge in [0.05, 0.1) is 0 Å². The minimum Gasteiger partial charge on any atom is -0.435 e. The summed E-state index contributed by atoms with van der Waals surface area (Å²) in [5, 5.41) is 2.80. The van der Waals surface area contributed by atoms with Crippen molar-refractivity contribution in [2.24, 2.45) is 0 Å². The van der Waals surface area contributed by atoms with E-state index in [-0.39, 0.29) is 11.8 Å². The van der Waals surface area contributed by atoms with Crippen molar-refractivity contribution in [2.75, 3.05) is 31.5 Å². The van der Waals surface area contributed by atoms with Crippen LogP contribution >= 0.6 is 0 Å². The van der Waals surface area contributed by atoms with Crippen LogP contribution in [0.15, 0.2) is 24.3 Å². The molecule has 3 rings (SSSR count). The summed E-state index contributed by atoms with van der Waals surface area (Å²) in [6.45, 7) is 0.915. The number of hydrogen-bond donors (Lipinski definition) is 1. The number of urea groups is 1. The Labute approximate surface area is 134 Å². The molecule has 0 spiro atoms. The second-order valence-corrected chi connectivity index (χ2v) is 5.96. The van der Waals surface area contributed by atoms with Gasteiger partial charge in [-0.3, -0.25) is 4.90 Å². The number of nitrogens with zero attached hydrogens (tertiary/aromatic N) is 2. The number of amides is 2. The first-order chi connectivity index (χ1) is 11.1. The van der Waals surface area contributed by atoms with Gasteiger partial charge in [0.15, 0.2) is 0 Å². The van der Waals surface area contributed by atoms with Crippen molar-refractivity contribution >= 4 is 11.7 Å². The molecule has 2 amide bonds. The number of rotatable bonds is 4. The van der Waals surface area contributed by atoms with E-state index < -0.39 is 6.61 Å². The number of anilines is 1. The van der Waals surface area contributed by atoms with Crippen LogP contribution in [0.2, 0.25) is 0 Å². The summed E-state index contributed by atoms with van der Waals surface area (Å²) in [6.07, 6.45) is 3.50. The molecule has 0 aromatic heterocycles. The van der Waals surface area contributed by atoms with Crippen LogP contribution in [0.4, 0.5) is 19.3 Å². The number of hydrogen-bond acceptors (Lipinski definition) is 3. The van der Waals surface area contributed by atoms with Gasteiger partial charge in [0.25, 0.3) is 0 Å². The minimum atomic E-state index is -2.84. The number of carbonyl (C=O) groups is 1. The van der Waals surface area contributed by atoms with Crippen molar-refractivity contribution in [3.05, 3.63) is 24.3 Å². The van der Waals surface area contributed by atoms with E-state index in [4.69, 9.17) is 0 Å². The average Bonchev–Trinajstić information content (AvgIpc) is 3.19. The molecule has 0 aliphatic carbocycles. The van der Waals surface area contributed by atoms with Crippen molar-refractivity contribution in [3.8, 4) is 5.75 Å². The molecule has 7 heteroatoms. The number of ether oxygens (including phenoxy) is 1. The zero-order valence-corrected chi connectivity index (χ0v) is 12.9. The number of benzene rings is 1. The monoisotopic (exact) mass is 325 g/mol.